The van der Waals surface area contributed by atoms with Crippen LogP contribution >= 0.6 is 0 Å². The van der Waals surface area contributed by atoms with Crippen LogP contribution in [0.1, 0.15) is 258 Å². The molecule has 0 heterocycles. The second kappa shape index (κ2) is 61.1. The smallest absolute Gasteiger partial charge is 0.306 e. The predicted octanol–water partition coefficient (Wildman–Crippen LogP) is 20.6. The molecule has 1 atom stereocenters. The van der Waals surface area contributed by atoms with Gasteiger partial charge >= 0.3 is 17.9 Å². The Hall–Kier alpha value is -4.45. The van der Waals surface area contributed by atoms with Crippen LogP contribution in [-0.4, -0.2) is 37.2 Å². The fraction of sp³-hybridized carbons (Fsp3) is 0.632. The van der Waals surface area contributed by atoms with Gasteiger partial charge in [-0.3, -0.25) is 14.4 Å². The molecule has 0 fully saturated rings. The highest BCUT2D eigenvalue weighted by Gasteiger charge is 2.19. The summed E-state index contributed by atoms with van der Waals surface area (Å²) in [5.41, 5.74) is 0. The lowest BCUT2D eigenvalue weighted by Crippen LogP contribution is -2.30. The molecule has 0 aliphatic heterocycles. The van der Waals surface area contributed by atoms with Crippen molar-refractivity contribution in [2.75, 3.05) is 13.2 Å². The van der Waals surface area contributed by atoms with Crippen LogP contribution in [-0.2, 0) is 28.6 Å². The van der Waals surface area contributed by atoms with Gasteiger partial charge in [-0.2, -0.15) is 0 Å². The van der Waals surface area contributed by atoms with Crippen LogP contribution in [0.2, 0.25) is 0 Å². The van der Waals surface area contributed by atoms with Crippen LogP contribution in [0.4, 0.5) is 0 Å². The fourth-order valence-corrected chi connectivity index (χ4v) is 7.94. The molecular weight excluding hydrogens is 913 g/mol. The maximum atomic E-state index is 12.9. The summed E-state index contributed by atoms with van der Waals surface area (Å²) < 4.78 is 16.9. The summed E-state index contributed by atoms with van der Waals surface area (Å²) in [7, 11) is 0. The molecule has 1 unspecified atom stereocenters. The van der Waals surface area contributed by atoms with Gasteiger partial charge in [0.15, 0.2) is 6.10 Å². The normalized spacial score (nSPS) is 13.1. The van der Waals surface area contributed by atoms with Gasteiger partial charge in [0.2, 0.25) is 0 Å². The van der Waals surface area contributed by atoms with Crippen molar-refractivity contribution >= 4 is 17.9 Å². The minimum absolute atomic E-state index is 0.0967. The van der Waals surface area contributed by atoms with Crippen LogP contribution in [0.5, 0.6) is 0 Å². The van der Waals surface area contributed by atoms with Crippen LogP contribution in [0.3, 0.4) is 0 Å². The predicted molar refractivity (Wildman–Crippen MR) is 320 cm³/mol. The van der Waals surface area contributed by atoms with Crippen molar-refractivity contribution in [1.82, 2.24) is 0 Å². The molecule has 0 aliphatic rings. The molecule has 74 heavy (non-hydrogen) atoms. The molecule has 0 spiro atoms. The second-order valence-electron chi connectivity index (χ2n) is 19.5. The Balaban J connectivity index is 4.46. The van der Waals surface area contributed by atoms with E-state index >= 15 is 0 Å². The molecular formula is C68H110O6. The summed E-state index contributed by atoms with van der Waals surface area (Å²) in [6.45, 7) is 6.37. The lowest BCUT2D eigenvalue weighted by atomic mass is 10.0. The number of hydrogen-bond acceptors (Lipinski definition) is 6. The monoisotopic (exact) mass is 1020 g/mol. The molecule has 0 bridgehead atoms. The first-order valence-electron chi connectivity index (χ1n) is 30.2. The molecule has 0 radical (unpaired) electrons. The average molecular weight is 1020 g/mol. The van der Waals surface area contributed by atoms with Crippen LogP contribution < -0.4 is 0 Å². The summed E-state index contributed by atoms with van der Waals surface area (Å²) in [5, 5.41) is 0. The van der Waals surface area contributed by atoms with E-state index in [-0.39, 0.29) is 31.1 Å². The molecule has 0 N–H and O–H groups in total. The molecule has 0 aliphatic carbocycles. The lowest BCUT2D eigenvalue weighted by molar-refractivity contribution is -0.167. The third-order valence-corrected chi connectivity index (χ3v) is 12.4. The molecule has 0 saturated carbocycles. The van der Waals surface area contributed by atoms with Crippen LogP contribution in [0.25, 0.3) is 0 Å². The van der Waals surface area contributed by atoms with Gasteiger partial charge in [-0.15, -0.1) is 0 Å². The van der Waals surface area contributed by atoms with E-state index in [1.165, 1.54) is 57.8 Å². The summed E-state index contributed by atoms with van der Waals surface area (Å²) in [5.74, 6) is -0.942. The highest BCUT2D eigenvalue weighted by molar-refractivity contribution is 5.71. The maximum absolute atomic E-state index is 12.9. The van der Waals surface area contributed by atoms with Gasteiger partial charge < -0.3 is 14.2 Å². The molecule has 0 aromatic heterocycles. The van der Waals surface area contributed by atoms with Gasteiger partial charge in [-0.25, -0.2) is 0 Å². The maximum Gasteiger partial charge on any atom is 0.306 e. The van der Waals surface area contributed by atoms with Crippen molar-refractivity contribution in [1.29, 1.82) is 0 Å². The van der Waals surface area contributed by atoms with Crippen molar-refractivity contribution in [3.8, 4) is 0 Å². The number of hydrogen-bond donors (Lipinski definition) is 0. The van der Waals surface area contributed by atoms with E-state index in [0.717, 1.165) is 161 Å². The van der Waals surface area contributed by atoms with E-state index in [0.29, 0.717) is 19.3 Å². The number of esters is 3. The molecule has 0 aromatic carbocycles. The first-order valence-corrected chi connectivity index (χ1v) is 30.2. The van der Waals surface area contributed by atoms with E-state index in [4.69, 9.17) is 14.2 Å². The Morgan fingerprint density at radius 3 is 0.824 bits per heavy atom. The second-order valence-corrected chi connectivity index (χ2v) is 19.5. The molecule has 6 nitrogen and oxygen atoms in total. The summed E-state index contributed by atoms with van der Waals surface area (Å²) >= 11 is 0. The Labute approximate surface area is 455 Å². The van der Waals surface area contributed by atoms with E-state index < -0.39 is 6.10 Å². The van der Waals surface area contributed by atoms with Gasteiger partial charge in [0.1, 0.15) is 13.2 Å². The largest absolute Gasteiger partial charge is 0.462 e. The molecule has 0 saturated heterocycles. The highest BCUT2D eigenvalue weighted by Crippen LogP contribution is 2.15. The third-order valence-electron chi connectivity index (χ3n) is 12.4. The number of carbonyl (C=O) groups excluding carboxylic acids is 3. The first kappa shape index (κ1) is 69.5. The van der Waals surface area contributed by atoms with Crippen molar-refractivity contribution in [2.24, 2.45) is 0 Å². The quantitative estimate of drug-likeness (QED) is 0.0261. The highest BCUT2D eigenvalue weighted by atomic mass is 16.6. The van der Waals surface area contributed by atoms with Crippen LogP contribution in [0.15, 0.2) is 134 Å². The molecule has 6 heteroatoms. The molecule has 0 rings (SSSR count). The number of allylic oxidation sites excluding steroid dienone is 22. The van der Waals surface area contributed by atoms with E-state index in [1.54, 1.807) is 0 Å². The van der Waals surface area contributed by atoms with Crippen molar-refractivity contribution in [2.45, 2.75) is 264 Å². The average Bonchev–Trinajstić information content (AvgIpc) is 3.40. The zero-order valence-electron chi connectivity index (χ0n) is 47.8. The van der Waals surface area contributed by atoms with Gasteiger partial charge in [0.05, 0.1) is 0 Å². The Morgan fingerprint density at radius 1 is 0.284 bits per heavy atom. The van der Waals surface area contributed by atoms with Gasteiger partial charge in [0.25, 0.3) is 0 Å². The molecule has 418 valence electrons. The van der Waals surface area contributed by atoms with E-state index in [1.807, 2.05) is 0 Å². The van der Waals surface area contributed by atoms with Crippen molar-refractivity contribution in [3.05, 3.63) is 134 Å². The Kier molecular flexibility index (Phi) is 57.4. The molecule has 0 aromatic rings. The number of carbonyl (C=O) groups is 3. The van der Waals surface area contributed by atoms with Crippen molar-refractivity contribution in [3.63, 3.8) is 0 Å². The SMILES string of the molecule is CC/C=C\C/C=C\C/C=C\C/C=C\C/C=C\C/C=C\CCCCCCC(=O)OCC(COC(=O)CCCCCCCCCCCCCC)OC(=O)CCCCCCC/C=C\C/C=C\C/C=C\C/C=C\C/C=C\CC. The van der Waals surface area contributed by atoms with Gasteiger partial charge in [-0.1, -0.05) is 257 Å². The van der Waals surface area contributed by atoms with Crippen LogP contribution in [0, 0.1) is 0 Å². The van der Waals surface area contributed by atoms with Crippen molar-refractivity contribution < 1.29 is 28.6 Å². The Morgan fingerprint density at radius 2 is 0.527 bits per heavy atom. The van der Waals surface area contributed by atoms with E-state index in [9.17, 15) is 14.4 Å². The summed E-state index contributed by atoms with van der Waals surface area (Å²) in [6, 6.07) is 0. The zero-order valence-corrected chi connectivity index (χ0v) is 47.8. The van der Waals surface area contributed by atoms with Gasteiger partial charge in [-0.05, 0) is 116 Å². The number of rotatable bonds is 53. The minimum atomic E-state index is -0.803. The fourth-order valence-electron chi connectivity index (χ4n) is 7.94. The number of ether oxygens (including phenoxy) is 3. The van der Waals surface area contributed by atoms with Gasteiger partial charge in [0, 0.05) is 19.3 Å². The Bertz CT molecular complexity index is 1600. The van der Waals surface area contributed by atoms with E-state index in [2.05, 4.69) is 154 Å². The zero-order chi connectivity index (χ0) is 53.6. The number of unbranched alkanes of at least 4 members (excludes halogenated alkanes) is 20. The standard InChI is InChI=1S/C68H110O6/c1-4-7-10-13-16-19-22-25-27-29-31-33-34-36-37-39-41-43-46-49-52-55-58-61-67(70)73-64-65(63-72-66(69)60-57-54-51-48-45-24-21-18-15-12-9-6-3)74-68(71)62-59-56-53-50-47-44-42-40-38-35-32-30-28-26-23-20-17-14-11-8-5-2/h7-8,10-11,16-17,19-20,25-28,31-33,35-37,40-43,65H,4-6,9,12-15,18,21-24,29-30,34,38-39,44-64H2,1-3H3/b10-7-,11-8-,19-16-,20-17-,27-25-,28-26-,33-31-,35-32-,37-36-,42-40-,43-41-. The lowest BCUT2D eigenvalue weighted by Gasteiger charge is -2.18. The molecule has 0 amide bonds. The summed E-state index contributed by atoms with van der Waals surface area (Å²) in [6.07, 6.45) is 85.8. The third kappa shape index (κ3) is 58.4. The first-order chi connectivity index (χ1) is 36.5. The topological polar surface area (TPSA) is 78.9 Å². The summed E-state index contributed by atoms with van der Waals surface area (Å²) in [4.78, 5) is 38.2. The minimum Gasteiger partial charge on any atom is -0.462 e.